The Hall–Kier alpha value is -1.04. The second-order valence-electron chi connectivity index (χ2n) is 4.56. The molecule has 1 N–H and O–H groups in total. The smallest absolute Gasteiger partial charge is 0.350 e. The van der Waals surface area contributed by atoms with Gasteiger partial charge in [-0.05, 0) is 37.5 Å². The van der Waals surface area contributed by atoms with Gasteiger partial charge in [-0.1, -0.05) is 28.1 Å². The number of benzene rings is 1. The molecule has 0 heterocycles. The highest BCUT2D eigenvalue weighted by Gasteiger charge is 2.30. The van der Waals surface area contributed by atoms with Gasteiger partial charge in [0.25, 0.3) is 0 Å². The lowest BCUT2D eigenvalue weighted by molar-refractivity contribution is -0.137. The van der Waals surface area contributed by atoms with Crippen molar-refractivity contribution in [3.63, 3.8) is 0 Å². The minimum absolute atomic E-state index is 0.143. The van der Waals surface area contributed by atoms with Crippen LogP contribution in [0.25, 0.3) is 0 Å². The Morgan fingerprint density at radius 3 is 2.65 bits per heavy atom. The van der Waals surface area contributed by atoms with E-state index in [1.165, 1.54) is 6.07 Å². The molecule has 1 atom stereocenters. The van der Waals surface area contributed by atoms with E-state index in [1.807, 2.05) is 0 Å². The van der Waals surface area contributed by atoms with E-state index in [9.17, 15) is 18.0 Å². The molecule has 1 rings (SSSR count). The summed E-state index contributed by atoms with van der Waals surface area (Å²) in [6.45, 7) is 1.68. The van der Waals surface area contributed by atoms with Crippen LogP contribution in [-0.2, 0) is 11.0 Å². The third kappa shape index (κ3) is 5.53. The van der Waals surface area contributed by atoms with Gasteiger partial charge in [0.05, 0.1) is 11.6 Å². The third-order valence-corrected chi connectivity index (χ3v) is 3.44. The van der Waals surface area contributed by atoms with Crippen molar-refractivity contribution in [3.05, 3.63) is 35.4 Å². The van der Waals surface area contributed by atoms with E-state index >= 15 is 0 Å². The van der Waals surface area contributed by atoms with E-state index in [-0.39, 0.29) is 5.91 Å². The monoisotopic (exact) mass is 351 g/mol. The van der Waals surface area contributed by atoms with E-state index in [0.29, 0.717) is 12.0 Å². The molecular formula is C14H17BrF3NO. The van der Waals surface area contributed by atoms with Crippen LogP contribution in [0, 0.1) is 0 Å². The van der Waals surface area contributed by atoms with Gasteiger partial charge in [0.15, 0.2) is 0 Å². The lowest BCUT2D eigenvalue weighted by atomic mass is 10.0. The van der Waals surface area contributed by atoms with Gasteiger partial charge >= 0.3 is 6.18 Å². The molecule has 0 saturated heterocycles. The van der Waals surface area contributed by atoms with Gasteiger partial charge in [-0.15, -0.1) is 0 Å². The fourth-order valence-corrected chi connectivity index (χ4v) is 2.16. The quantitative estimate of drug-likeness (QED) is 0.595. The Labute approximate surface area is 124 Å². The molecule has 0 fully saturated rings. The van der Waals surface area contributed by atoms with Crippen LogP contribution in [0.3, 0.4) is 0 Å². The minimum atomic E-state index is -4.37. The number of hydrogen-bond acceptors (Lipinski definition) is 1. The molecule has 0 aliphatic carbocycles. The maximum atomic E-state index is 12.6. The predicted molar refractivity (Wildman–Crippen MR) is 75.6 cm³/mol. The Balaban J connectivity index is 2.63. The van der Waals surface area contributed by atoms with Crippen LogP contribution in [0.2, 0.25) is 0 Å². The summed E-state index contributed by atoms with van der Waals surface area (Å²) < 4.78 is 37.8. The van der Waals surface area contributed by atoms with Crippen LogP contribution in [0.15, 0.2) is 24.3 Å². The second-order valence-corrected chi connectivity index (χ2v) is 5.35. The number of halogens is 4. The number of carbonyl (C=O) groups is 1. The molecule has 0 radical (unpaired) electrons. The van der Waals surface area contributed by atoms with Crippen LogP contribution < -0.4 is 5.32 Å². The summed E-state index contributed by atoms with van der Waals surface area (Å²) in [4.78, 5) is 11.6. The fourth-order valence-electron chi connectivity index (χ4n) is 1.76. The number of amides is 1. The molecule has 112 valence electrons. The first-order chi connectivity index (χ1) is 9.34. The van der Waals surface area contributed by atoms with E-state index in [1.54, 1.807) is 13.0 Å². The van der Waals surface area contributed by atoms with Gasteiger partial charge in [0.2, 0.25) is 5.91 Å². The summed E-state index contributed by atoms with van der Waals surface area (Å²) in [5.74, 6) is -0.143. The summed E-state index contributed by atoms with van der Waals surface area (Å²) in [6.07, 6.45) is -2.33. The van der Waals surface area contributed by atoms with E-state index in [4.69, 9.17) is 0 Å². The van der Waals surface area contributed by atoms with Crippen molar-refractivity contribution in [2.75, 3.05) is 5.33 Å². The zero-order chi connectivity index (χ0) is 15.2. The molecule has 1 aromatic carbocycles. The maximum absolute atomic E-state index is 12.6. The van der Waals surface area contributed by atoms with Crippen molar-refractivity contribution in [1.29, 1.82) is 0 Å². The Bertz CT molecular complexity index is 448. The van der Waals surface area contributed by atoms with Gasteiger partial charge < -0.3 is 5.32 Å². The highest BCUT2D eigenvalue weighted by atomic mass is 79.9. The SMILES string of the molecule is CC(NC(=O)CCCCBr)c1cccc(C(F)(F)F)c1. The molecule has 0 aromatic heterocycles. The maximum Gasteiger partial charge on any atom is 0.416 e. The highest BCUT2D eigenvalue weighted by Crippen LogP contribution is 2.30. The van der Waals surface area contributed by atoms with Gasteiger partial charge in [0.1, 0.15) is 0 Å². The fraction of sp³-hybridized carbons (Fsp3) is 0.500. The summed E-state index contributed by atoms with van der Waals surface area (Å²) >= 11 is 3.28. The number of unbranched alkanes of at least 4 members (excludes halogenated alkanes) is 1. The van der Waals surface area contributed by atoms with Crippen LogP contribution in [0.1, 0.15) is 43.4 Å². The number of carbonyl (C=O) groups excluding carboxylic acids is 1. The van der Waals surface area contributed by atoms with Gasteiger partial charge in [-0.2, -0.15) is 13.2 Å². The van der Waals surface area contributed by atoms with Crippen LogP contribution in [-0.4, -0.2) is 11.2 Å². The van der Waals surface area contributed by atoms with Crippen LogP contribution >= 0.6 is 15.9 Å². The van der Waals surface area contributed by atoms with Crippen molar-refractivity contribution >= 4 is 21.8 Å². The van der Waals surface area contributed by atoms with E-state index < -0.39 is 17.8 Å². The summed E-state index contributed by atoms with van der Waals surface area (Å²) in [5, 5.41) is 3.55. The van der Waals surface area contributed by atoms with Crippen molar-refractivity contribution in [1.82, 2.24) is 5.32 Å². The summed E-state index contributed by atoms with van der Waals surface area (Å²) in [6, 6.07) is 4.59. The molecular weight excluding hydrogens is 335 g/mol. The largest absolute Gasteiger partial charge is 0.416 e. The van der Waals surface area contributed by atoms with E-state index in [2.05, 4.69) is 21.2 Å². The Kier molecular flexibility index (Phi) is 6.52. The second kappa shape index (κ2) is 7.67. The number of hydrogen-bond donors (Lipinski definition) is 1. The van der Waals surface area contributed by atoms with Crippen molar-refractivity contribution in [3.8, 4) is 0 Å². The molecule has 1 amide bonds. The van der Waals surface area contributed by atoms with Gasteiger partial charge in [-0.25, -0.2) is 0 Å². The number of nitrogens with one attached hydrogen (secondary N) is 1. The predicted octanol–water partition coefficient (Wildman–Crippen LogP) is 4.45. The summed E-state index contributed by atoms with van der Waals surface area (Å²) in [7, 11) is 0. The van der Waals surface area contributed by atoms with Crippen molar-refractivity contribution in [2.24, 2.45) is 0 Å². The molecule has 0 bridgehead atoms. The standard InChI is InChI=1S/C14H17BrF3NO/c1-10(19-13(20)7-2-3-8-15)11-5-4-6-12(9-11)14(16,17)18/h4-6,9-10H,2-3,7-8H2,1H3,(H,19,20). The van der Waals surface area contributed by atoms with Crippen molar-refractivity contribution < 1.29 is 18.0 Å². The molecule has 1 aromatic rings. The zero-order valence-electron chi connectivity index (χ0n) is 11.1. The average Bonchev–Trinajstić information content (AvgIpc) is 2.38. The molecule has 6 heteroatoms. The van der Waals surface area contributed by atoms with Gasteiger partial charge in [-0.3, -0.25) is 4.79 Å². The average molecular weight is 352 g/mol. The topological polar surface area (TPSA) is 29.1 Å². The Morgan fingerprint density at radius 1 is 1.35 bits per heavy atom. The molecule has 0 spiro atoms. The van der Waals surface area contributed by atoms with Crippen molar-refractivity contribution in [2.45, 2.75) is 38.4 Å². The zero-order valence-corrected chi connectivity index (χ0v) is 12.7. The molecule has 20 heavy (non-hydrogen) atoms. The molecule has 0 aliphatic rings. The molecule has 0 saturated carbocycles. The first-order valence-corrected chi connectivity index (χ1v) is 7.49. The lowest BCUT2D eigenvalue weighted by Crippen LogP contribution is -2.26. The number of rotatable bonds is 6. The van der Waals surface area contributed by atoms with E-state index in [0.717, 1.165) is 30.3 Å². The first kappa shape index (κ1) is 17.0. The Morgan fingerprint density at radius 2 is 2.05 bits per heavy atom. The van der Waals surface area contributed by atoms with Crippen LogP contribution in [0.5, 0.6) is 0 Å². The number of alkyl halides is 4. The lowest BCUT2D eigenvalue weighted by Gasteiger charge is -2.16. The molecule has 2 nitrogen and oxygen atoms in total. The molecule has 0 aliphatic heterocycles. The third-order valence-electron chi connectivity index (χ3n) is 2.88. The molecule has 1 unspecified atom stereocenters. The van der Waals surface area contributed by atoms with Crippen LogP contribution in [0.4, 0.5) is 13.2 Å². The first-order valence-electron chi connectivity index (χ1n) is 6.37. The normalized spacial score (nSPS) is 13.1. The minimum Gasteiger partial charge on any atom is -0.350 e. The summed E-state index contributed by atoms with van der Waals surface area (Å²) in [5.41, 5.74) is -0.246. The highest BCUT2D eigenvalue weighted by molar-refractivity contribution is 9.09. The van der Waals surface area contributed by atoms with Gasteiger partial charge in [0, 0.05) is 11.8 Å².